The number of benzene rings is 10. The van der Waals surface area contributed by atoms with E-state index in [-0.39, 0.29) is 0 Å². The highest BCUT2D eigenvalue weighted by Crippen LogP contribution is 2.43. The molecule has 0 radical (unpaired) electrons. The Balaban J connectivity index is 1.04. The number of fused-ring (bicyclic) bond motifs is 10. The van der Waals surface area contributed by atoms with Gasteiger partial charge in [-0.05, 0) is 57.4 Å². The van der Waals surface area contributed by atoms with Gasteiger partial charge in [-0.1, -0.05) is 188 Å². The quantitative estimate of drug-likeness (QED) is 0.167. The first-order valence-corrected chi connectivity index (χ1v) is 23.3. The Morgan fingerprint density at radius 3 is 1.48 bits per heavy atom. The molecule has 0 saturated heterocycles. The topological polar surface area (TPSA) is 61.4 Å². The minimum atomic E-state index is 0.555. The van der Waals surface area contributed by atoms with Gasteiger partial charge in [0.15, 0.2) is 11.6 Å². The van der Waals surface area contributed by atoms with Gasteiger partial charge in [-0.3, -0.25) is 4.57 Å². The van der Waals surface area contributed by atoms with Gasteiger partial charge >= 0.3 is 0 Å². The second-order valence-electron chi connectivity index (χ2n) is 17.0. The average molecular weight is 873 g/mol. The van der Waals surface area contributed by atoms with E-state index < -0.39 is 0 Å². The number of para-hydroxylation sites is 2. The van der Waals surface area contributed by atoms with Gasteiger partial charge in [0, 0.05) is 49.5 Å². The van der Waals surface area contributed by atoms with Crippen molar-refractivity contribution in [3.63, 3.8) is 0 Å². The van der Waals surface area contributed by atoms with E-state index in [1.807, 2.05) is 6.07 Å². The van der Waals surface area contributed by atoms with Crippen molar-refractivity contribution in [2.24, 2.45) is 0 Å². The van der Waals surface area contributed by atoms with Crippen LogP contribution in [0.2, 0.25) is 0 Å². The molecular formula is C60H36N6S. The van der Waals surface area contributed by atoms with E-state index in [9.17, 15) is 0 Å². The summed E-state index contributed by atoms with van der Waals surface area (Å²) in [7, 11) is 0. The van der Waals surface area contributed by atoms with Gasteiger partial charge in [-0.2, -0.15) is 9.97 Å². The molecule has 0 spiro atoms. The molecule has 14 rings (SSSR count). The molecule has 0 aliphatic heterocycles. The first-order chi connectivity index (χ1) is 33.2. The van der Waals surface area contributed by atoms with Crippen LogP contribution < -0.4 is 0 Å². The minimum Gasteiger partial charge on any atom is -0.307 e. The van der Waals surface area contributed by atoms with E-state index in [2.05, 4.69) is 221 Å². The number of rotatable bonds is 6. The summed E-state index contributed by atoms with van der Waals surface area (Å²) in [5.41, 5.74) is 11.7. The highest BCUT2D eigenvalue weighted by molar-refractivity contribution is 7.22. The van der Waals surface area contributed by atoms with Crippen molar-refractivity contribution in [3.8, 4) is 56.1 Å². The Labute approximate surface area is 388 Å². The Morgan fingerprint density at radius 2 is 0.836 bits per heavy atom. The van der Waals surface area contributed by atoms with Crippen LogP contribution in [-0.4, -0.2) is 29.1 Å². The fourth-order valence-corrected chi connectivity index (χ4v) is 11.3. The van der Waals surface area contributed by atoms with E-state index >= 15 is 0 Å². The summed E-state index contributed by atoms with van der Waals surface area (Å²) < 4.78 is 5.88. The number of nitrogens with zero attached hydrogens (tertiary/aromatic N) is 6. The number of thiazole rings is 1. The maximum atomic E-state index is 5.48. The smallest absolute Gasteiger partial charge is 0.238 e. The van der Waals surface area contributed by atoms with Gasteiger partial charge in [-0.25, -0.2) is 9.97 Å². The lowest BCUT2D eigenvalue weighted by molar-refractivity contribution is 0.955. The summed E-state index contributed by atoms with van der Waals surface area (Å²) in [6, 6.07) is 77.4. The van der Waals surface area contributed by atoms with E-state index in [4.69, 9.17) is 19.9 Å². The summed E-state index contributed by atoms with van der Waals surface area (Å²) in [5, 5.41) is 10.0. The molecule has 0 fully saturated rings. The standard InChI is InChI=1S/C60H36N6S/c1-2-17-40(18-3-1)59-61-51-28-14-25-44(56(51)67-59)39-31-33-41(34-32-39)65-52-29-10-8-23-45(52)47-35-36-48-46-24-9-11-30-53(46)66(55(48)54(47)65)60-63-57(49-26-12-19-37-15-4-6-21-42(37)49)62-58(64-60)50-27-13-20-38-16-5-7-22-43(38)50/h1-36H. The fourth-order valence-electron chi connectivity index (χ4n) is 10.2. The molecule has 0 N–H and O–H groups in total. The Bertz CT molecular complexity index is 4170. The summed E-state index contributed by atoms with van der Waals surface area (Å²) in [4.78, 5) is 21.3. The second-order valence-corrected chi connectivity index (χ2v) is 18.0. The largest absolute Gasteiger partial charge is 0.307 e. The zero-order valence-corrected chi connectivity index (χ0v) is 36.7. The SMILES string of the molecule is c1ccc(-c2nc3cccc(-c4ccc(-n5c6ccccc6c6ccc7c8ccccc8n(-c8nc(-c9cccc%10ccccc9%10)nc(-c9cccc%10ccccc9%10)n8)c7c65)cc4)c3s2)cc1. The monoisotopic (exact) mass is 872 g/mol. The number of hydrogen-bond donors (Lipinski definition) is 0. The highest BCUT2D eigenvalue weighted by atomic mass is 32.1. The lowest BCUT2D eigenvalue weighted by atomic mass is 10.0. The first kappa shape index (κ1) is 37.6. The summed E-state index contributed by atoms with van der Waals surface area (Å²) in [6.07, 6.45) is 0. The lowest BCUT2D eigenvalue weighted by Crippen LogP contribution is -2.07. The van der Waals surface area contributed by atoms with E-state index in [0.29, 0.717) is 17.6 Å². The van der Waals surface area contributed by atoms with E-state index in [0.717, 1.165) is 98.2 Å². The molecule has 67 heavy (non-hydrogen) atoms. The predicted molar refractivity (Wildman–Crippen MR) is 278 cm³/mol. The molecule has 6 nitrogen and oxygen atoms in total. The molecule has 7 heteroatoms. The Morgan fingerprint density at radius 1 is 0.328 bits per heavy atom. The van der Waals surface area contributed by atoms with Gasteiger partial charge in [-0.15, -0.1) is 11.3 Å². The molecule has 0 saturated carbocycles. The third kappa shape index (κ3) is 5.88. The van der Waals surface area contributed by atoms with Crippen LogP contribution in [-0.2, 0) is 0 Å². The summed E-state index contributed by atoms with van der Waals surface area (Å²) >= 11 is 1.74. The number of hydrogen-bond acceptors (Lipinski definition) is 5. The minimum absolute atomic E-state index is 0.555. The molecule has 10 aromatic carbocycles. The molecule has 0 aliphatic carbocycles. The van der Waals surface area contributed by atoms with Gasteiger partial charge in [0.25, 0.3) is 0 Å². The van der Waals surface area contributed by atoms with Crippen molar-refractivity contribution in [1.29, 1.82) is 0 Å². The normalized spacial score (nSPS) is 11.9. The van der Waals surface area contributed by atoms with E-state index in [1.54, 1.807) is 11.3 Å². The zero-order valence-electron chi connectivity index (χ0n) is 35.9. The van der Waals surface area contributed by atoms with Crippen molar-refractivity contribution in [2.45, 2.75) is 0 Å². The molecule has 0 unspecified atom stereocenters. The summed E-state index contributed by atoms with van der Waals surface area (Å²) in [6.45, 7) is 0. The van der Waals surface area contributed by atoms with Gasteiger partial charge in [0.05, 0.1) is 32.3 Å². The third-order valence-electron chi connectivity index (χ3n) is 13.2. The second kappa shape index (κ2) is 14.9. The van der Waals surface area contributed by atoms with Crippen molar-refractivity contribution >= 4 is 86.7 Å². The third-order valence-corrected chi connectivity index (χ3v) is 14.4. The van der Waals surface area contributed by atoms with Gasteiger partial charge in [0.2, 0.25) is 5.95 Å². The van der Waals surface area contributed by atoms with Crippen molar-refractivity contribution < 1.29 is 0 Å². The molecule has 4 aromatic heterocycles. The molecule has 0 amide bonds. The maximum absolute atomic E-state index is 5.48. The molecule has 312 valence electrons. The molecule has 4 heterocycles. The fraction of sp³-hybridized carbons (Fsp3) is 0. The van der Waals surface area contributed by atoms with Crippen LogP contribution in [0.15, 0.2) is 218 Å². The predicted octanol–water partition coefficient (Wildman–Crippen LogP) is 15.6. The Hall–Kier alpha value is -8.78. The lowest BCUT2D eigenvalue weighted by Gasteiger charge is -2.14. The molecule has 0 bridgehead atoms. The van der Waals surface area contributed by atoms with Crippen LogP contribution >= 0.6 is 11.3 Å². The maximum Gasteiger partial charge on any atom is 0.238 e. The van der Waals surface area contributed by atoms with Crippen LogP contribution in [0.1, 0.15) is 0 Å². The van der Waals surface area contributed by atoms with Crippen LogP contribution in [0.3, 0.4) is 0 Å². The first-order valence-electron chi connectivity index (χ1n) is 22.5. The van der Waals surface area contributed by atoms with Gasteiger partial charge < -0.3 is 4.57 Å². The van der Waals surface area contributed by atoms with Crippen LogP contribution in [0.25, 0.3) is 131 Å². The van der Waals surface area contributed by atoms with Gasteiger partial charge in [0.1, 0.15) is 5.01 Å². The van der Waals surface area contributed by atoms with Crippen molar-refractivity contribution in [1.82, 2.24) is 29.1 Å². The van der Waals surface area contributed by atoms with E-state index in [1.165, 1.54) is 15.6 Å². The molecule has 14 aromatic rings. The summed E-state index contributed by atoms with van der Waals surface area (Å²) in [5.74, 6) is 1.79. The zero-order chi connectivity index (χ0) is 44.0. The van der Waals surface area contributed by atoms with Crippen molar-refractivity contribution in [2.75, 3.05) is 0 Å². The number of aromatic nitrogens is 6. The highest BCUT2D eigenvalue weighted by Gasteiger charge is 2.24. The van der Waals surface area contributed by atoms with Crippen LogP contribution in [0.4, 0.5) is 0 Å². The molecule has 0 aliphatic rings. The van der Waals surface area contributed by atoms with Crippen LogP contribution in [0, 0.1) is 0 Å². The average Bonchev–Trinajstić information content (AvgIpc) is 4.09. The molecule has 0 atom stereocenters. The molecular weight excluding hydrogens is 837 g/mol. The van der Waals surface area contributed by atoms with Crippen molar-refractivity contribution in [3.05, 3.63) is 218 Å². The van der Waals surface area contributed by atoms with Crippen LogP contribution in [0.5, 0.6) is 0 Å². The Kier molecular flexibility index (Phi) is 8.35.